The van der Waals surface area contributed by atoms with Gasteiger partial charge in [-0.15, -0.1) is 0 Å². The molecule has 0 unspecified atom stereocenters. The van der Waals surface area contributed by atoms with Crippen LogP contribution in [-0.4, -0.2) is 13.2 Å². The average molecular weight is 273 g/mol. The Balaban J connectivity index is 1.62. The summed E-state index contributed by atoms with van der Waals surface area (Å²) in [5.41, 5.74) is 2.12. The zero-order valence-corrected chi connectivity index (χ0v) is 11.7. The molecule has 0 aliphatic heterocycles. The van der Waals surface area contributed by atoms with Crippen molar-refractivity contribution in [2.45, 2.75) is 19.9 Å². The molecule has 2 aromatic rings. The zero-order valence-electron chi connectivity index (χ0n) is 11.7. The Bertz CT molecular complexity index is 528. The second-order valence-corrected chi connectivity index (χ2v) is 4.76. The van der Waals surface area contributed by atoms with E-state index in [1.165, 1.54) is 6.07 Å². The standard InChI is InChI=1S/C17H20FNO/c1-14-12-16(18)9-8-15(14)13-19-10-5-11-20-17-6-3-2-4-7-17/h2-4,6-9,12,19H,5,10-11,13H2,1H3. The maximum atomic E-state index is 13.0. The molecule has 106 valence electrons. The van der Waals surface area contributed by atoms with Crippen LogP contribution in [0.1, 0.15) is 17.5 Å². The lowest BCUT2D eigenvalue weighted by atomic mass is 10.1. The van der Waals surface area contributed by atoms with Crippen molar-refractivity contribution in [2.75, 3.05) is 13.2 Å². The Morgan fingerprint density at radius 1 is 1.10 bits per heavy atom. The van der Waals surface area contributed by atoms with E-state index < -0.39 is 0 Å². The van der Waals surface area contributed by atoms with Crippen molar-refractivity contribution in [3.63, 3.8) is 0 Å². The topological polar surface area (TPSA) is 21.3 Å². The minimum absolute atomic E-state index is 0.178. The highest BCUT2D eigenvalue weighted by atomic mass is 19.1. The van der Waals surface area contributed by atoms with Crippen molar-refractivity contribution in [1.29, 1.82) is 0 Å². The largest absolute Gasteiger partial charge is 0.494 e. The van der Waals surface area contributed by atoms with Crippen LogP contribution in [0, 0.1) is 12.7 Å². The summed E-state index contributed by atoms with van der Waals surface area (Å²) in [6.45, 7) is 4.26. The van der Waals surface area contributed by atoms with Crippen LogP contribution < -0.4 is 10.1 Å². The van der Waals surface area contributed by atoms with Crippen LogP contribution in [0.25, 0.3) is 0 Å². The molecule has 2 aromatic carbocycles. The highest BCUT2D eigenvalue weighted by Gasteiger charge is 1.99. The molecule has 3 heteroatoms. The summed E-state index contributed by atoms with van der Waals surface area (Å²) < 4.78 is 18.6. The summed E-state index contributed by atoms with van der Waals surface area (Å²) in [4.78, 5) is 0. The molecule has 0 saturated carbocycles. The van der Waals surface area contributed by atoms with Crippen LogP contribution >= 0.6 is 0 Å². The average Bonchev–Trinajstić information content (AvgIpc) is 2.46. The highest BCUT2D eigenvalue weighted by molar-refractivity contribution is 5.26. The molecule has 0 amide bonds. The smallest absolute Gasteiger partial charge is 0.123 e. The second-order valence-electron chi connectivity index (χ2n) is 4.76. The van der Waals surface area contributed by atoms with Crippen molar-refractivity contribution >= 4 is 0 Å². The van der Waals surface area contributed by atoms with Crippen LogP contribution in [0.3, 0.4) is 0 Å². The number of ether oxygens (including phenoxy) is 1. The molecule has 0 bridgehead atoms. The molecular weight excluding hydrogens is 253 g/mol. The molecule has 20 heavy (non-hydrogen) atoms. The molecule has 2 rings (SSSR count). The molecule has 1 N–H and O–H groups in total. The fourth-order valence-corrected chi connectivity index (χ4v) is 1.98. The van der Waals surface area contributed by atoms with E-state index in [0.29, 0.717) is 6.61 Å². The normalized spacial score (nSPS) is 10.5. The number of halogens is 1. The molecule has 0 aromatic heterocycles. The first-order chi connectivity index (χ1) is 9.75. The predicted molar refractivity (Wildman–Crippen MR) is 79.4 cm³/mol. The molecule has 0 fully saturated rings. The summed E-state index contributed by atoms with van der Waals surface area (Å²) in [6, 6.07) is 14.7. The van der Waals surface area contributed by atoms with Gasteiger partial charge in [0.15, 0.2) is 0 Å². The van der Waals surface area contributed by atoms with E-state index in [4.69, 9.17) is 4.74 Å². The van der Waals surface area contributed by atoms with Gasteiger partial charge < -0.3 is 10.1 Å². The van der Waals surface area contributed by atoms with Crippen LogP contribution in [0.4, 0.5) is 4.39 Å². The molecule has 2 nitrogen and oxygen atoms in total. The molecule has 0 aliphatic carbocycles. The lowest BCUT2D eigenvalue weighted by molar-refractivity contribution is 0.308. The number of nitrogens with one attached hydrogen (secondary N) is 1. The minimum atomic E-state index is -0.178. The van der Waals surface area contributed by atoms with Gasteiger partial charge in [-0.1, -0.05) is 24.3 Å². The third-order valence-corrected chi connectivity index (χ3v) is 3.13. The van der Waals surface area contributed by atoms with E-state index in [-0.39, 0.29) is 5.82 Å². The Kier molecular flexibility index (Phi) is 5.56. The highest BCUT2D eigenvalue weighted by Crippen LogP contribution is 2.10. The number of aryl methyl sites for hydroxylation is 1. The molecule has 0 spiro atoms. The molecule has 0 saturated heterocycles. The van der Waals surface area contributed by atoms with Crippen molar-refractivity contribution in [2.24, 2.45) is 0 Å². The molecule has 0 radical (unpaired) electrons. The summed E-state index contributed by atoms with van der Waals surface area (Å²) in [5.74, 6) is 0.726. The first-order valence-corrected chi connectivity index (χ1v) is 6.89. The third kappa shape index (κ3) is 4.67. The first-order valence-electron chi connectivity index (χ1n) is 6.89. The summed E-state index contributed by atoms with van der Waals surface area (Å²) >= 11 is 0. The Morgan fingerprint density at radius 3 is 2.65 bits per heavy atom. The molecule has 0 aliphatic rings. The van der Waals surface area contributed by atoms with Crippen molar-refractivity contribution in [3.8, 4) is 5.75 Å². The second kappa shape index (κ2) is 7.65. The van der Waals surface area contributed by atoms with Gasteiger partial charge in [-0.05, 0) is 55.3 Å². The van der Waals surface area contributed by atoms with Crippen molar-refractivity contribution in [3.05, 3.63) is 65.5 Å². The van der Waals surface area contributed by atoms with Crippen LogP contribution in [0.15, 0.2) is 48.5 Å². The van der Waals surface area contributed by atoms with Gasteiger partial charge in [0.05, 0.1) is 6.61 Å². The number of benzene rings is 2. The van der Waals surface area contributed by atoms with Gasteiger partial charge in [-0.3, -0.25) is 0 Å². The van der Waals surface area contributed by atoms with E-state index in [0.717, 1.165) is 36.4 Å². The van der Waals surface area contributed by atoms with Gasteiger partial charge >= 0.3 is 0 Å². The zero-order chi connectivity index (χ0) is 14.2. The first kappa shape index (κ1) is 14.5. The Labute approximate surface area is 119 Å². The lowest BCUT2D eigenvalue weighted by Crippen LogP contribution is -2.17. The van der Waals surface area contributed by atoms with Crippen molar-refractivity contribution in [1.82, 2.24) is 5.32 Å². The van der Waals surface area contributed by atoms with E-state index in [2.05, 4.69) is 5.32 Å². The summed E-state index contributed by atoms with van der Waals surface area (Å²) in [6.07, 6.45) is 0.940. The maximum absolute atomic E-state index is 13.0. The van der Waals surface area contributed by atoms with E-state index in [1.807, 2.05) is 43.3 Å². The predicted octanol–water partition coefficient (Wildman–Crippen LogP) is 3.69. The molecular formula is C17H20FNO. The van der Waals surface area contributed by atoms with Gasteiger partial charge in [-0.25, -0.2) is 4.39 Å². The lowest BCUT2D eigenvalue weighted by Gasteiger charge is -2.09. The fourth-order valence-electron chi connectivity index (χ4n) is 1.98. The van der Waals surface area contributed by atoms with E-state index in [1.54, 1.807) is 6.07 Å². The Morgan fingerprint density at radius 2 is 1.90 bits per heavy atom. The van der Waals surface area contributed by atoms with Crippen molar-refractivity contribution < 1.29 is 9.13 Å². The minimum Gasteiger partial charge on any atom is -0.494 e. The Hall–Kier alpha value is -1.87. The van der Waals surface area contributed by atoms with Gasteiger partial charge in [0.1, 0.15) is 11.6 Å². The van der Waals surface area contributed by atoms with Gasteiger partial charge in [0.2, 0.25) is 0 Å². The van der Waals surface area contributed by atoms with E-state index in [9.17, 15) is 4.39 Å². The molecule has 0 atom stereocenters. The van der Waals surface area contributed by atoms with Crippen LogP contribution in [0.2, 0.25) is 0 Å². The molecule has 0 heterocycles. The van der Waals surface area contributed by atoms with Crippen LogP contribution in [0.5, 0.6) is 5.75 Å². The third-order valence-electron chi connectivity index (χ3n) is 3.13. The fraction of sp³-hybridized carbons (Fsp3) is 0.294. The monoisotopic (exact) mass is 273 g/mol. The van der Waals surface area contributed by atoms with Gasteiger partial charge in [-0.2, -0.15) is 0 Å². The van der Waals surface area contributed by atoms with Gasteiger partial charge in [0.25, 0.3) is 0 Å². The maximum Gasteiger partial charge on any atom is 0.123 e. The van der Waals surface area contributed by atoms with Gasteiger partial charge in [0, 0.05) is 6.54 Å². The summed E-state index contributed by atoms with van der Waals surface area (Å²) in [5, 5.41) is 3.35. The number of hydrogen-bond donors (Lipinski definition) is 1. The van der Waals surface area contributed by atoms with Crippen LogP contribution in [-0.2, 0) is 6.54 Å². The van der Waals surface area contributed by atoms with E-state index >= 15 is 0 Å². The summed E-state index contributed by atoms with van der Waals surface area (Å²) in [7, 11) is 0. The SMILES string of the molecule is Cc1cc(F)ccc1CNCCCOc1ccccc1. The quantitative estimate of drug-likeness (QED) is 0.777. The number of rotatable bonds is 7. The number of hydrogen-bond acceptors (Lipinski definition) is 2. The number of para-hydroxylation sites is 1.